The summed E-state index contributed by atoms with van der Waals surface area (Å²) in [5.41, 5.74) is 0. The zero-order chi connectivity index (χ0) is 7.98. The van der Waals surface area contributed by atoms with Gasteiger partial charge >= 0.3 is 5.97 Å². The maximum Gasteiger partial charge on any atom is 0.316 e. The molecule has 1 N–H and O–H groups in total. The molecule has 0 aliphatic heterocycles. The van der Waals surface area contributed by atoms with E-state index in [2.05, 4.69) is 6.92 Å². The Morgan fingerprint density at radius 3 is 2.60 bits per heavy atom. The van der Waals surface area contributed by atoms with Gasteiger partial charge < -0.3 is 5.11 Å². The predicted molar refractivity (Wildman–Crippen MR) is 49.6 cm³/mol. The molecule has 2 nitrogen and oxygen atoms in total. The number of rotatable bonds is 5. The van der Waals surface area contributed by atoms with Crippen LogP contribution >= 0.6 is 22.6 Å². The van der Waals surface area contributed by atoms with E-state index in [9.17, 15) is 4.79 Å². The second-order valence-electron chi connectivity index (χ2n) is 2.30. The van der Waals surface area contributed by atoms with Crippen molar-refractivity contribution in [2.45, 2.75) is 36.5 Å². The predicted octanol–water partition coefficient (Wildman–Crippen LogP) is 2.45. The highest BCUT2D eigenvalue weighted by atomic mass is 127. The number of alkyl halides is 1. The van der Waals surface area contributed by atoms with E-state index >= 15 is 0 Å². The Kier molecular flexibility index (Phi) is 6.06. The average molecular weight is 256 g/mol. The van der Waals surface area contributed by atoms with Gasteiger partial charge in [-0.15, -0.1) is 0 Å². The van der Waals surface area contributed by atoms with Gasteiger partial charge in [0.1, 0.15) is 3.92 Å². The van der Waals surface area contributed by atoms with E-state index in [0.29, 0.717) is 0 Å². The van der Waals surface area contributed by atoms with Crippen LogP contribution in [0.5, 0.6) is 0 Å². The Labute approximate surface area is 75.1 Å². The first kappa shape index (κ1) is 10.2. The van der Waals surface area contributed by atoms with Gasteiger partial charge in [-0.1, -0.05) is 48.8 Å². The molecule has 0 amide bonds. The van der Waals surface area contributed by atoms with E-state index in [4.69, 9.17) is 5.11 Å². The zero-order valence-electron chi connectivity index (χ0n) is 6.14. The summed E-state index contributed by atoms with van der Waals surface area (Å²) in [6, 6.07) is 0. The van der Waals surface area contributed by atoms with Crippen LogP contribution in [0.3, 0.4) is 0 Å². The van der Waals surface area contributed by atoms with Gasteiger partial charge in [0, 0.05) is 0 Å². The molecule has 0 heterocycles. The summed E-state index contributed by atoms with van der Waals surface area (Å²) in [5.74, 6) is -0.684. The highest BCUT2D eigenvalue weighted by molar-refractivity contribution is 14.1. The van der Waals surface area contributed by atoms with Crippen molar-refractivity contribution in [3.63, 3.8) is 0 Å². The topological polar surface area (TPSA) is 37.3 Å². The van der Waals surface area contributed by atoms with Gasteiger partial charge in [-0.3, -0.25) is 4.79 Å². The van der Waals surface area contributed by atoms with E-state index in [1.165, 1.54) is 0 Å². The van der Waals surface area contributed by atoms with Gasteiger partial charge in [-0.25, -0.2) is 0 Å². The number of unbranched alkanes of at least 4 members (excludes halogenated alkanes) is 2. The van der Waals surface area contributed by atoms with E-state index in [-0.39, 0.29) is 3.92 Å². The molecular weight excluding hydrogens is 243 g/mol. The van der Waals surface area contributed by atoms with Gasteiger partial charge in [-0.2, -0.15) is 0 Å². The minimum atomic E-state index is -0.684. The van der Waals surface area contributed by atoms with Crippen LogP contribution in [-0.2, 0) is 4.79 Å². The molecule has 1 unspecified atom stereocenters. The van der Waals surface area contributed by atoms with Crippen LogP contribution in [0.1, 0.15) is 32.6 Å². The Bertz CT molecular complexity index is 104. The molecule has 0 rings (SSSR count). The highest BCUT2D eigenvalue weighted by Gasteiger charge is 2.10. The van der Waals surface area contributed by atoms with Gasteiger partial charge in [0.15, 0.2) is 0 Å². The SMILES string of the molecule is CCCCCC(I)C(=O)O. The fourth-order valence-electron chi connectivity index (χ4n) is 0.697. The number of hydrogen-bond acceptors (Lipinski definition) is 1. The molecule has 60 valence electrons. The maximum atomic E-state index is 10.3. The molecule has 10 heavy (non-hydrogen) atoms. The lowest BCUT2D eigenvalue weighted by atomic mass is 10.2. The maximum absolute atomic E-state index is 10.3. The highest BCUT2D eigenvalue weighted by Crippen LogP contribution is 2.11. The molecule has 3 heteroatoms. The van der Waals surface area contributed by atoms with Crippen molar-refractivity contribution in [3.8, 4) is 0 Å². The van der Waals surface area contributed by atoms with Crippen molar-refractivity contribution in [1.82, 2.24) is 0 Å². The van der Waals surface area contributed by atoms with Crippen LogP contribution < -0.4 is 0 Å². The smallest absolute Gasteiger partial charge is 0.316 e. The molecule has 0 radical (unpaired) electrons. The first-order chi connectivity index (χ1) is 4.68. The third-order valence-electron chi connectivity index (χ3n) is 1.33. The van der Waals surface area contributed by atoms with Crippen molar-refractivity contribution < 1.29 is 9.90 Å². The first-order valence-corrected chi connectivity index (χ1v) is 4.80. The van der Waals surface area contributed by atoms with Crippen molar-refractivity contribution in [2.75, 3.05) is 0 Å². The van der Waals surface area contributed by atoms with E-state index < -0.39 is 5.97 Å². The van der Waals surface area contributed by atoms with Crippen molar-refractivity contribution in [2.24, 2.45) is 0 Å². The number of aliphatic carboxylic acids is 1. The minimum Gasteiger partial charge on any atom is -0.480 e. The van der Waals surface area contributed by atoms with Crippen LogP contribution in [0.4, 0.5) is 0 Å². The Balaban J connectivity index is 3.21. The first-order valence-electron chi connectivity index (χ1n) is 3.55. The molecule has 0 spiro atoms. The molecule has 0 saturated carbocycles. The summed E-state index contributed by atoms with van der Waals surface area (Å²) in [4.78, 5) is 10.3. The quantitative estimate of drug-likeness (QED) is 0.466. The molecular formula is C7H13IO2. The number of carboxylic acids is 1. The molecule has 1 atom stereocenters. The molecule has 0 aliphatic rings. The minimum absolute atomic E-state index is 0.191. The summed E-state index contributed by atoms with van der Waals surface area (Å²) in [6.45, 7) is 2.11. The second kappa shape index (κ2) is 5.95. The zero-order valence-corrected chi connectivity index (χ0v) is 8.30. The lowest BCUT2D eigenvalue weighted by Crippen LogP contribution is -2.11. The third kappa shape index (κ3) is 5.02. The van der Waals surface area contributed by atoms with Crippen LogP contribution in [-0.4, -0.2) is 15.0 Å². The van der Waals surface area contributed by atoms with Gasteiger partial charge in [0.25, 0.3) is 0 Å². The van der Waals surface area contributed by atoms with Gasteiger partial charge in [0.05, 0.1) is 0 Å². The van der Waals surface area contributed by atoms with Crippen LogP contribution in [0, 0.1) is 0 Å². The number of carboxylic acid groups (broad SMARTS) is 1. The summed E-state index contributed by atoms with van der Waals surface area (Å²) in [5, 5.41) is 8.47. The Hall–Kier alpha value is 0.200. The lowest BCUT2D eigenvalue weighted by molar-refractivity contribution is -0.136. The molecule has 0 aliphatic carbocycles. The van der Waals surface area contributed by atoms with Crippen LogP contribution in [0.25, 0.3) is 0 Å². The van der Waals surface area contributed by atoms with Crippen molar-refractivity contribution >= 4 is 28.6 Å². The monoisotopic (exact) mass is 256 g/mol. The number of halogens is 1. The Morgan fingerprint density at radius 1 is 1.60 bits per heavy atom. The summed E-state index contributed by atoms with van der Waals surface area (Å²) in [6.07, 6.45) is 4.15. The molecule has 0 aromatic rings. The Morgan fingerprint density at radius 2 is 2.20 bits per heavy atom. The third-order valence-corrected chi connectivity index (χ3v) is 2.48. The summed E-state index contributed by atoms with van der Waals surface area (Å²) >= 11 is 1.97. The van der Waals surface area contributed by atoms with Gasteiger partial charge in [0.2, 0.25) is 0 Å². The van der Waals surface area contributed by atoms with Crippen LogP contribution in [0.15, 0.2) is 0 Å². The molecule has 0 saturated heterocycles. The van der Waals surface area contributed by atoms with E-state index in [0.717, 1.165) is 25.7 Å². The normalized spacial score (nSPS) is 13.0. The average Bonchev–Trinajstić information content (AvgIpc) is 1.88. The second-order valence-corrected chi connectivity index (χ2v) is 3.81. The van der Waals surface area contributed by atoms with Crippen molar-refractivity contribution in [3.05, 3.63) is 0 Å². The number of carbonyl (C=O) groups is 1. The fourth-order valence-corrected chi connectivity index (χ4v) is 1.14. The summed E-state index contributed by atoms with van der Waals surface area (Å²) in [7, 11) is 0. The lowest BCUT2D eigenvalue weighted by Gasteiger charge is -2.01. The molecule has 0 fully saturated rings. The standard InChI is InChI=1S/C7H13IO2/c1-2-3-4-5-6(8)7(9)10/h6H,2-5H2,1H3,(H,9,10). The molecule has 0 bridgehead atoms. The van der Waals surface area contributed by atoms with Gasteiger partial charge in [-0.05, 0) is 6.42 Å². The van der Waals surface area contributed by atoms with Crippen molar-refractivity contribution in [1.29, 1.82) is 0 Å². The molecule has 0 aromatic carbocycles. The summed E-state index contributed by atoms with van der Waals surface area (Å²) < 4.78 is -0.191. The largest absolute Gasteiger partial charge is 0.480 e. The number of hydrogen-bond donors (Lipinski definition) is 1. The van der Waals surface area contributed by atoms with E-state index in [1.807, 2.05) is 22.6 Å². The van der Waals surface area contributed by atoms with E-state index in [1.54, 1.807) is 0 Å². The van der Waals surface area contributed by atoms with Crippen LogP contribution in [0.2, 0.25) is 0 Å². The fraction of sp³-hybridized carbons (Fsp3) is 0.857. The molecule has 0 aromatic heterocycles.